The number of unbranched alkanes of at least 4 members (excludes halogenated alkanes) is 12. The van der Waals surface area contributed by atoms with Crippen molar-refractivity contribution in [3.05, 3.63) is 12.2 Å². The molecule has 6 rings (SSSR count). The number of hydrogen-bond acceptors (Lipinski definition) is 5. The van der Waals surface area contributed by atoms with Crippen LogP contribution < -0.4 is 0 Å². The summed E-state index contributed by atoms with van der Waals surface area (Å²) in [5.74, 6) is 1.18. The average molecular weight is 709 g/mol. The number of carbonyl (C=O) groups is 2. The van der Waals surface area contributed by atoms with Crippen molar-refractivity contribution in [2.24, 2.45) is 50.7 Å². The van der Waals surface area contributed by atoms with Crippen LogP contribution in [0.1, 0.15) is 196 Å². The fourth-order valence-electron chi connectivity index (χ4n) is 14.5. The summed E-state index contributed by atoms with van der Waals surface area (Å²) in [6, 6.07) is 0. The molecular weight excluding hydrogens is 633 g/mol. The minimum atomic E-state index is -0.754. The van der Waals surface area contributed by atoms with Gasteiger partial charge in [0, 0.05) is 18.8 Å². The number of esters is 2. The molecule has 5 aliphatic carbocycles. The van der Waals surface area contributed by atoms with Crippen LogP contribution in [0.4, 0.5) is 0 Å². The van der Waals surface area contributed by atoms with Crippen LogP contribution in [0.15, 0.2) is 12.2 Å². The second-order valence-electron chi connectivity index (χ2n) is 20.3. The Labute approximate surface area is 312 Å². The van der Waals surface area contributed by atoms with Gasteiger partial charge in [-0.05, 0) is 110 Å². The second kappa shape index (κ2) is 14.7. The number of aliphatic hydroxyl groups is 1. The Bertz CT molecular complexity index is 1290. The van der Waals surface area contributed by atoms with Crippen LogP contribution in [0.5, 0.6) is 0 Å². The zero-order valence-electron chi connectivity index (χ0n) is 34.0. The quantitative estimate of drug-likeness (QED) is 0.0981. The van der Waals surface area contributed by atoms with Crippen molar-refractivity contribution >= 4 is 11.9 Å². The molecule has 0 aromatic carbocycles. The number of aliphatic hydroxyl groups excluding tert-OH is 1. The molecule has 0 aromatic heterocycles. The van der Waals surface area contributed by atoms with E-state index in [1.807, 2.05) is 6.92 Å². The van der Waals surface area contributed by atoms with Crippen molar-refractivity contribution in [2.45, 2.75) is 214 Å². The molecule has 11 atom stereocenters. The minimum Gasteiger partial charge on any atom is -0.461 e. The molecule has 1 aliphatic heterocycles. The highest BCUT2D eigenvalue weighted by molar-refractivity contribution is 5.85. The van der Waals surface area contributed by atoms with Crippen LogP contribution in [0.3, 0.4) is 0 Å². The number of carbonyl (C=O) groups excluding carboxylic acids is 2. The maximum absolute atomic E-state index is 14.2. The van der Waals surface area contributed by atoms with Crippen LogP contribution in [0.2, 0.25) is 0 Å². The van der Waals surface area contributed by atoms with Gasteiger partial charge in [-0.15, -0.1) is 0 Å². The number of ether oxygens (including phenoxy) is 2. The SMILES string of the molecule is C=C(C)[C@]12C[C@@H](OC(=O)CCCCCCCCCCCCCCC)[C@@]3(CC[C@]4(C)[C@H](CC[C@@H]5[C@@]6(C)CC[C@@H](O)C(C)(C)[C@@H]6CC[C@]54C)[C@H]31)C(=O)O2. The van der Waals surface area contributed by atoms with E-state index in [1.54, 1.807) is 0 Å². The first-order chi connectivity index (χ1) is 24.1. The highest BCUT2D eigenvalue weighted by Gasteiger charge is 2.82. The van der Waals surface area contributed by atoms with Crippen molar-refractivity contribution in [3.63, 3.8) is 0 Å². The third-order valence-corrected chi connectivity index (χ3v) is 17.6. The molecule has 1 N–H and O–H groups in total. The molecule has 5 heteroatoms. The van der Waals surface area contributed by atoms with Crippen molar-refractivity contribution in [1.82, 2.24) is 0 Å². The second-order valence-corrected chi connectivity index (χ2v) is 20.3. The van der Waals surface area contributed by atoms with Gasteiger partial charge < -0.3 is 14.6 Å². The van der Waals surface area contributed by atoms with Crippen LogP contribution in [-0.2, 0) is 19.1 Å². The van der Waals surface area contributed by atoms with Gasteiger partial charge in [0.1, 0.15) is 17.1 Å². The van der Waals surface area contributed by atoms with E-state index in [0.29, 0.717) is 30.6 Å². The van der Waals surface area contributed by atoms with Gasteiger partial charge in [-0.1, -0.05) is 125 Å². The van der Waals surface area contributed by atoms with Gasteiger partial charge in [-0.25, -0.2) is 0 Å². The fraction of sp³-hybridized carbons (Fsp3) is 0.913. The summed E-state index contributed by atoms with van der Waals surface area (Å²) >= 11 is 0. The summed E-state index contributed by atoms with van der Waals surface area (Å²) in [4.78, 5) is 27.6. The van der Waals surface area contributed by atoms with E-state index < -0.39 is 17.1 Å². The molecule has 6 fully saturated rings. The molecule has 6 aliphatic rings. The Morgan fingerprint density at radius 3 is 2.00 bits per heavy atom. The van der Waals surface area contributed by atoms with E-state index in [2.05, 4.69) is 48.1 Å². The Kier molecular flexibility index (Phi) is 11.3. The molecule has 1 heterocycles. The smallest absolute Gasteiger partial charge is 0.317 e. The van der Waals surface area contributed by atoms with Crippen LogP contribution in [-0.4, -0.2) is 34.9 Å². The molecule has 1 saturated heterocycles. The van der Waals surface area contributed by atoms with Crippen molar-refractivity contribution in [2.75, 3.05) is 0 Å². The van der Waals surface area contributed by atoms with Gasteiger partial charge in [-0.2, -0.15) is 0 Å². The molecule has 0 unspecified atom stereocenters. The Morgan fingerprint density at radius 1 is 0.784 bits per heavy atom. The Hall–Kier alpha value is -1.36. The van der Waals surface area contributed by atoms with E-state index in [9.17, 15) is 14.7 Å². The van der Waals surface area contributed by atoms with Gasteiger partial charge in [0.25, 0.3) is 0 Å². The van der Waals surface area contributed by atoms with Gasteiger partial charge in [0.15, 0.2) is 0 Å². The van der Waals surface area contributed by atoms with Crippen molar-refractivity contribution < 1.29 is 24.2 Å². The van der Waals surface area contributed by atoms with Gasteiger partial charge in [0.05, 0.1) is 6.10 Å². The third kappa shape index (κ3) is 6.20. The first-order valence-electron chi connectivity index (χ1n) is 21.9. The summed E-state index contributed by atoms with van der Waals surface area (Å²) in [7, 11) is 0. The number of hydrogen-bond donors (Lipinski definition) is 1. The lowest BCUT2D eigenvalue weighted by Crippen LogP contribution is -2.67. The lowest BCUT2D eigenvalue weighted by atomic mass is 9.32. The zero-order chi connectivity index (χ0) is 36.9. The zero-order valence-corrected chi connectivity index (χ0v) is 34.0. The molecule has 5 nitrogen and oxygen atoms in total. The van der Waals surface area contributed by atoms with Gasteiger partial charge in [-0.3, -0.25) is 9.59 Å². The highest BCUT2D eigenvalue weighted by atomic mass is 16.6. The van der Waals surface area contributed by atoms with Crippen LogP contribution >= 0.6 is 0 Å². The van der Waals surface area contributed by atoms with Crippen molar-refractivity contribution in [1.29, 1.82) is 0 Å². The molecule has 0 aromatic rings. The van der Waals surface area contributed by atoms with Gasteiger partial charge in [0.2, 0.25) is 0 Å². The average Bonchev–Trinajstić information content (AvgIpc) is 3.50. The van der Waals surface area contributed by atoms with E-state index in [0.717, 1.165) is 63.4 Å². The predicted octanol–water partition coefficient (Wildman–Crippen LogP) is 11.7. The lowest BCUT2D eigenvalue weighted by Gasteiger charge is -2.72. The Balaban J connectivity index is 1.08. The summed E-state index contributed by atoms with van der Waals surface area (Å²) in [5, 5.41) is 11.1. The standard InChI is InChI=1S/C46H76O5/c1-9-10-11-12-13-14-15-16-17-18-19-20-21-22-38(48)50-37-31-46(32(2)3)39-33-23-24-35-42(6)27-26-36(47)41(4,5)34(42)25-28-44(35,8)43(33,7)29-30-45(37,39)40(49)51-46/h33-37,39,47H,2,9-31H2,1,3-8H3/t33-,34+,35-,36-,37-,39-,42+,43-,44-,45-,46-/m1/s1. The number of fused-ring (bicyclic) bond motifs is 5. The summed E-state index contributed by atoms with van der Waals surface area (Å²) in [6.07, 6.45) is 25.3. The number of rotatable bonds is 16. The Morgan fingerprint density at radius 2 is 1.39 bits per heavy atom. The van der Waals surface area contributed by atoms with Crippen molar-refractivity contribution in [3.8, 4) is 0 Å². The lowest BCUT2D eigenvalue weighted by molar-refractivity contribution is -0.247. The largest absolute Gasteiger partial charge is 0.461 e. The maximum Gasteiger partial charge on any atom is 0.317 e. The summed E-state index contributed by atoms with van der Waals surface area (Å²) in [6.45, 7) is 21.1. The predicted molar refractivity (Wildman–Crippen MR) is 206 cm³/mol. The fourth-order valence-corrected chi connectivity index (χ4v) is 14.5. The van der Waals surface area contributed by atoms with E-state index in [-0.39, 0.29) is 45.6 Å². The molecule has 5 saturated carbocycles. The van der Waals surface area contributed by atoms with Crippen LogP contribution in [0.25, 0.3) is 0 Å². The molecule has 0 radical (unpaired) electrons. The molecule has 290 valence electrons. The first-order valence-corrected chi connectivity index (χ1v) is 21.9. The topological polar surface area (TPSA) is 72.8 Å². The first kappa shape index (κ1) is 39.3. The minimum absolute atomic E-state index is 0.0100. The normalized spacial score (nSPS) is 43.4. The van der Waals surface area contributed by atoms with E-state index in [4.69, 9.17) is 9.47 Å². The van der Waals surface area contributed by atoms with E-state index >= 15 is 0 Å². The molecule has 2 bridgehead atoms. The monoisotopic (exact) mass is 709 g/mol. The van der Waals surface area contributed by atoms with Crippen LogP contribution in [0, 0.1) is 50.7 Å². The summed E-state index contributed by atoms with van der Waals surface area (Å²) < 4.78 is 12.9. The maximum atomic E-state index is 14.2. The highest BCUT2D eigenvalue weighted by Crippen LogP contribution is 2.80. The molecule has 0 amide bonds. The molecular formula is C46H76O5. The molecule has 0 spiro atoms. The van der Waals surface area contributed by atoms with E-state index in [1.165, 1.54) is 77.0 Å². The third-order valence-electron chi connectivity index (χ3n) is 17.6. The molecule has 51 heavy (non-hydrogen) atoms. The van der Waals surface area contributed by atoms with Gasteiger partial charge >= 0.3 is 11.9 Å². The summed E-state index contributed by atoms with van der Waals surface area (Å²) in [5.41, 5.74) is -0.239.